The fourth-order valence-corrected chi connectivity index (χ4v) is 0.385. The van der Waals surface area contributed by atoms with Crippen LogP contribution in [0.3, 0.4) is 0 Å². The highest BCUT2D eigenvalue weighted by atomic mass is 16.7. The van der Waals surface area contributed by atoms with Gasteiger partial charge in [0, 0.05) is 0 Å². The summed E-state index contributed by atoms with van der Waals surface area (Å²) in [6.07, 6.45) is 0. The molecule has 0 aliphatic heterocycles. The second-order valence-electron chi connectivity index (χ2n) is 1.64. The van der Waals surface area contributed by atoms with E-state index in [0.29, 0.717) is 0 Å². The Morgan fingerprint density at radius 3 is 1.36 bits per heavy atom. The average molecular weight is 154 g/mol. The molecule has 0 saturated carbocycles. The van der Waals surface area contributed by atoms with Crippen molar-refractivity contribution in [1.82, 2.24) is 5.43 Å². The van der Waals surface area contributed by atoms with Crippen LogP contribution in [0.15, 0.2) is 36.4 Å². The van der Waals surface area contributed by atoms with Crippen molar-refractivity contribution in [1.29, 1.82) is 0 Å². The number of nitrogens with one attached hydrogen (secondary N) is 1. The molecule has 1 N–H and O–H groups in total. The van der Waals surface area contributed by atoms with Gasteiger partial charge in [0.15, 0.2) is 5.03 Å². The summed E-state index contributed by atoms with van der Waals surface area (Å²) in [5, 5.41) is 8.44. The first kappa shape index (κ1) is 9.42. The third kappa shape index (κ3) is 8.42. The zero-order valence-electron chi connectivity index (χ0n) is 6.23. The lowest BCUT2D eigenvalue weighted by atomic mass is 10.4. The van der Waals surface area contributed by atoms with E-state index in [9.17, 15) is 0 Å². The summed E-state index contributed by atoms with van der Waals surface area (Å²) in [4.78, 5) is 9.06. The van der Waals surface area contributed by atoms with Crippen molar-refractivity contribution < 1.29 is 5.03 Å². The van der Waals surface area contributed by atoms with Crippen LogP contribution in [0.4, 0.5) is 0 Å². The van der Waals surface area contributed by atoms with Gasteiger partial charge >= 0.3 is 0 Å². The van der Waals surface area contributed by atoms with Gasteiger partial charge in [-0.1, -0.05) is 36.4 Å². The number of nitro groups is 1. The number of hydrogen-bond acceptors (Lipinski definition) is 2. The molecule has 0 fully saturated rings. The molecule has 0 amide bonds. The van der Waals surface area contributed by atoms with Crippen molar-refractivity contribution in [2.24, 2.45) is 0 Å². The van der Waals surface area contributed by atoms with Gasteiger partial charge in [0.2, 0.25) is 0 Å². The monoisotopic (exact) mass is 154 g/mol. The lowest BCUT2D eigenvalue weighted by molar-refractivity contribution is -0.538. The van der Waals surface area contributed by atoms with E-state index in [0.717, 1.165) is 0 Å². The first-order chi connectivity index (χ1) is 5.27. The van der Waals surface area contributed by atoms with Crippen LogP contribution < -0.4 is 5.43 Å². The van der Waals surface area contributed by atoms with Crippen molar-refractivity contribution in [3.8, 4) is 0 Å². The molecule has 1 rings (SSSR count). The maximum atomic E-state index is 9.06. The molecule has 0 aromatic heterocycles. The molecule has 4 heteroatoms. The van der Waals surface area contributed by atoms with Gasteiger partial charge in [-0.25, -0.2) is 10.1 Å². The molecule has 4 nitrogen and oxygen atoms in total. The van der Waals surface area contributed by atoms with Gasteiger partial charge in [-0.15, -0.1) is 5.43 Å². The maximum Gasteiger partial charge on any atom is 0.157 e. The third-order valence-electron chi connectivity index (χ3n) is 0.849. The molecule has 0 radical (unpaired) electrons. The Hall–Kier alpha value is -1.58. The topological polar surface area (TPSA) is 55.2 Å². The molecular weight excluding hydrogens is 144 g/mol. The molecule has 0 aliphatic carbocycles. The Balaban J connectivity index is 0.000000187. The quantitative estimate of drug-likeness (QED) is 0.486. The van der Waals surface area contributed by atoms with Crippen molar-refractivity contribution in [2.45, 2.75) is 0 Å². The van der Waals surface area contributed by atoms with Gasteiger partial charge in [-0.2, -0.15) is 0 Å². The van der Waals surface area contributed by atoms with Gasteiger partial charge in [-0.05, 0) is 0 Å². The summed E-state index contributed by atoms with van der Waals surface area (Å²) < 4.78 is 0. The summed E-state index contributed by atoms with van der Waals surface area (Å²) in [7, 11) is 1.25. The first-order valence-electron chi connectivity index (χ1n) is 3.09. The van der Waals surface area contributed by atoms with Crippen molar-refractivity contribution in [2.75, 3.05) is 7.05 Å². The van der Waals surface area contributed by atoms with Crippen LogP contribution in [0.25, 0.3) is 0 Å². The Bertz CT molecular complexity index is 162. The van der Waals surface area contributed by atoms with E-state index in [1.54, 1.807) is 5.43 Å². The van der Waals surface area contributed by atoms with Gasteiger partial charge in [0.25, 0.3) is 0 Å². The SMILES string of the molecule is CN[N+](=O)[O-].c1ccccc1. The summed E-state index contributed by atoms with van der Waals surface area (Å²) in [5.74, 6) is 0. The lowest BCUT2D eigenvalue weighted by Gasteiger charge is -1.76. The first-order valence-corrected chi connectivity index (χ1v) is 3.09. The third-order valence-corrected chi connectivity index (χ3v) is 0.849. The largest absolute Gasteiger partial charge is 0.235 e. The van der Waals surface area contributed by atoms with E-state index in [4.69, 9.17) is 10.1 Å². The fraction of sp³-hybridized carbons (Fsp3) is 0.143. The molecule has 0 saturated heterocycles. The Kier molecular flexibility index (Phi) is 5.60. The number of nitrogens with zero attached hydrogens (tertiary/aromatic N) is 1. The number of hydrazine groups is 1. The summed E-state index contributed by atoms with van der Waals surface area (Å²) in [6, 6.07) is 12.0. The molecule has 0 heterocycles. The zero-order chi connectivity index (χ0) is 8.53. The summed E-state index contributed by atoms with van der Waals surface area (Å²) in [6.45, 7) is 0. The molecule has 11 heavy (non-hydrogen) atoms. The van der Waals surface area contributed by atoms with Gasteiger partial charge in [0.1, 0.15) is 0 Å². The predicted octanol–water partition coefficient (Wildman–Crippen LogP) is 1.08. The molecular formula is C7H10N2O2. The molecule has 0 atom stereocenters. The molecule has 1 aromatic carbocycles. The number of rotatable bonds is 1. The Morgan fingerprint density at radius 1 is 1.09 bits per heavy atom. The Morgan fingerprint density at radius 2 is 1.27 bits per heavy atom. The minimum Gasteiger partial charge on any atom is -0.235 e. The lowest BCUT2D eigenvalue weighted by Crippen LogP contribution is -2.13. The number of hydrogen-bond donors (Lipinski definition) is 1. The minimum atomic E-state index is -0.625. The highest BCUT2D eigenvalue weighted by molar-refractivity contribution is 4.99. The Labute approximate surface area is 65.0 Å². The normalized spacial score (nSPS) is 7.36. The maximum absolute atomic E-state index is 9.06. The van der Waals surface area contributed by atoms with Crippen molar-refractivity contribution in [3.63, 3.8) is 0 Å². The van der Waals surface area contributed by atoms with Crippen molar-refractivity contribution >= 4 is 0 Å². The molecule has 0 aliphatic rings. The van der Waals surface area contributed by atoms with E-state index in [1.807, 2.05) is 36.4 Å². The smallest absolute Gasteiger partial charge is 0.157 e. The second-order valence-corrected chi connectivity index (χ2v) is 1.64. The second kappa shape index (κ2) is 6.54. The van der Waals surface area contributed by atoms with E-state index in [1.165, 1.54) is 7.05 Å². The molecule has 0 bridgehead atoms. The summed E-state index contributed by atoms with van der Waals surface area (Å²) >= 11 is 0. The van der Waals surface area contributed by atoms with Crippen LogP contribution in [0, 0.1) is 10.1 Å². The van der Waals surface area contributed by atoms with Gasteiger partial charge < -0.3 is 0 Å². The fourth-order valence-electron chi connectivity index (χ4n) is 0.385. The molecule has 1 aromatic rings. The standard InChI is InChI=1S/C6H6.CH4N2O2/c1-2-4-6-5-3-1;1-2-3(4)5/h1-6H;2H,1H3. The van der Waals surface area contributed by atoms with E-state index in [2.05, 4.69) is 0 Å². The van der Waals surface area contributed by atoms with Crippen LogP contribution in [-0.4, -0.2) is 12.1 Å². The highest BCUT2D eigenvalue weighted by Gasteiger charge is 1.72. The van der Waals surface area contributed by atoms with Gasteiger partial charge in [0.05, 0.1) is 7.05 Å². The highest BCUT2D eigenvalue weighted by Crippen LogP contribution is 1.79. The van der Waals surface area contributed by atoms with E-state index in [-0.39, 0.29) is 0 Å². The van der Waals surface area contributed by atoms with Crippen LogP contribution in [0.5, 0.6) is 0 Å². The minimum absolute atomic E-state index is 0.625. The van der Waals surface area contributed by atoms with Crippen LogP contribution in [0.2, 0.25) is 0 Å². The van der Waals surface area contributed by atoms with Crippen LogP contribution in [0.1, 0.15) is 0 Å². The van der Waals surface area contributed by atoms with E-state index < -0.39 is 5.03 Å². The van der Waals surface area contributed by atoms with Gasteiger partial charge in [-0.3, -0.25) is 0 Å². The average Bonchev–Trinajstić information content (AvgIpc) is 2.09. The predicted molar refractivity (Wildman–Crippen MR) is 42.5 cm³/mol. The van der Waals surface area contributed by atoms with Crippen molar-refractivity contribution in [3.05, 3.63) is 46.5 Å². The van der Waals surface area contributed by atoms with Crippen LogP contribution >= 0.6 is 0 Å². The van der Waals surface area contributed by atoms with Crippen LogP contribution in [-0.2, 0) is 0 Å². The zero-order valence-corrected chi connectivity index (χ0v) is 6.23. The molecule has 60 valence electrons. The molecule has 0 unspecified atom stereocenters. The summed E-state index contributed by atoms with van der Waals surface area (Å²) in [5.41, 5.74) is 1.75. The molecule has 0 spiro atoms. The van der Waals surface area contributed by atoms with E-state index >= 15 is 0 Å². The number of benzene rings is 1.